The third-order valence-electron chi connectivity index (χ3n) is 3.48. The van der Waals surface area contributed by atoms with Crippen LogP contribution in [-0.4, -0.2) is 36.7 Å². The first-order valence-electron chi connectivity index (χ1n) is 6.88. The first-order chi connectivity index (χ1) is 10.7. The summed E-state index contributed by atoms with van der Waals surface area (Å²) in [5, 5.41) is 0.817. The lowest BCUT2D eigenvalue weighted by Gasteiger charge is -2.19. The van der Waals surface area contributed by atoms with Crippen LogP contribution in [0.5, 0.6) is 5.75 Å². The Morgan fingerprint density at radius 3 is 2.95 bits per heavy atom. The largest absolute Gasteiger partial charge is 0.496 e. The minimum absolute atomic E-state index is 0.208. The number of nitrogens with zero attached hydrogens (tertiary/aromatic N) is 2. The third kappa shape index (κ3) is 2.13. The van der Waals surface area contributed by atoms with Crippen LogP contribution in [0.2, 0.25) is 0 Å². The number of carbonyl (C=O) groups excluding carboxylic acids is 2. The van der Waals surface area contributed by atoms with Gasteiger partial charge in [0.05, 0.1) is 24.8 Å². The molecule has 1 aromatic heterocycles. The van der Waals surface area contributed by atoms with Crippen LogP contribution in [0.3, 0.4) is 0 Å². The number of carbonyl (C=O) groups is 2. The van der Waals surface area contributed by atoms with Gasteiger partial charge in [-0.05, 0) is 19.1 Å². The highest BCUT2D eigenvalue weighted by atomic mass is 16.5. The van der Waals surface area contributed by atoms with E-state index in [2.05, 4.69) is 9.98 Å². The van der Waals surface area contributed by atoms with E-state index in [0.29, 0.717) is 17.0 Å². The Hall–Kier alpha value is -2.76. The molecule has 3 rings (SSSR count). The summed E-state index contributed by atoms with van der Waals surface area (Å²) in [6, 6.07) is 5.38. The number of hydrogen-bond donors (Lipinski definition) is 0. The number of aromatic nitrogens is 1. The summed E-state index contributed by atoms with van der Waals surface area (Å²) in [5.41, 5.74) is 1.31. The van der Waals surface area contributed by atoms with Gasteiger partial charge < -0.3 is 9.47 Å². The summed E-state index contributed by atoms with van der Waals surface area (Å²) in [5.74, 6) is -1.65. The van der Waals surface area contributed by atoms with E-state index in [-0.39, 0.29) is 18.0 Å². The standard InChI is InChI=1S/C16H14N2O4/c1-3-22-16(20)10-8-18-14-12(15(10)19)11(21-2)7-9-5-4-6-17-13(9)14/h4-8,10H,3H2,1-2H3. The number of ether oxygens (including phenoxy) is 2. The zero-order valence-electron chi connectivity index (χ0n) is 12.2. The second-order valence-corrected chi connectivity index (χ2v) is 4.75. The summed E-state index contributed by atoms with van der Waals surface area (Å²) in [7, 11) is 1.47. The van der Waals surface area contributed by atoms with Gasteiger partial charge in [-0.1, -0.05) is 6.07 Å². The summed E-state index contributed by atoms with van der Waals surface area (Å²) >= 11 is 0. The molecule has 0 radical (unpaired) electrons. The highest BCUT2D eigenvalue weighted by Gasteiger charge is 2.35. The highest BCUT2D eigenvalue weighted by molar-refractivity contribution is 6.25. The van der Waals surface area contributed by atoms with Gasteiger partial charge in [-0.15, -0.1) is 0 Å². The van der Waals surface area contributed by atoms with Crippen LogP contribution >= 0.6 is 0 Å². The number of benzene rings is 1. The molecule has 2 heterocycles. The summed E-state index contributed by atoms with van der Waals surface area (Å²) in [4.78, 5) is 33.1. The van der Waals surface area contributed by atoms with E-state index in [1.54, 1.807) is 25.3 Å². The number of fused-ring (bicyclic) bond motifs is 3. The lowest BCUT2D eigenvalue weighted by molar-refractivity contribution is -0.143. The number of aliphatic imine (C=N–C) groups is 1. The number of esters is 1. The van der Waals surface area contributed by atoms with Crippen molar-refractivity contribution in [2.75, 3.05) is 13.7 Å². The van der Waals surface area contributed by atoms with Crippen LogP contribution in [-0.2, 0) is 9.53 Å². The predicted octanol–water partition coefficient (Wildman–Crippen LogP) is 2.32. The zero-order chi connectivity index (χ0) is 15.7. The van der Waals surface area contributed by atoms with Gasteiger partial charge in [0.25, 0.3) is 0 Å². The van der Waals surface area contributed by atoms with E-state index in [4.69, 9.17) is 9.47 Å². The molecule has 0 aliphatic carbocycles. The van der Waals surface area contributed by atoms with Gasteiger partial charge >= 0.3 is 5.97 Å². The van der Waals surface area contributed by atoms with Crippen LogP contribution in [0.15, 0.2) is 29.4 Å². The molecular formula is C16H14N2O4. The zero-order valence-corrected chi connectivity index (χ0v) is 12.2. The molecule has 22 heavy (non-hydrogen) atoms. The van der Waals surface area contributed by atoms with E-state index in [0.717, 1.165) is 5.39 Å². The number of methoxy groups -OCH3 is 1. The molecule has 2 aromatic rings. The van der Waals surface area contributed by atoms with Crippen LogP contribution < -0.4 is 4.74 Å². The Balaban J connectivity index is 2.20. The second-order valence-electron chi connectivity index (χ2n) is 4.75. The van der Waals surface area contributed by atoms with E-state index in [1.807, 2.05) is 6.07 Å². The summed E-state index contributed by atoms with van der Waals surface area (Å²) < 4.78 is 10.2. The normalized spacial score (nSPS) is 16.5. The second kappa shape index (κ2) is 5.55. The van der Waals surface area contributed by atoms with Crippen molar-refractivity contribution in [2.24, 2.45) is 10.9 Å². The monoisotopic (exact) mass is 298 g/mol. The molecule has 1 aliphatic rings. The van der Waals surface area contributed by atoms with Crippen molar-refractivity contribution in [3.8, 4) is 5.75 Å². The maximum atomic E-state index is 12.7. The average molecular weight is 298 g/mol. The minimum Gasteiger partial charge on any atom is -0.496 e. The quantitative estimate of drug-likeness (QED) is 0.642. The van der Waals surface area contributed by atoms with E-state index < -0.39 is 11.9 Å². The van der Waals surface area contributed by atoms with E-state index in [1.165, 1.54) is 13.3 Å². The van der Waals surface area contributed by atoms with Crippen LogP contribution in [0.25, 0.3) is 10.9 Å². The molecule has 6 heteroatoms. The fraction of sp³-hybridized carbons (Fsp3) is 0.250. The van der Waals surface area contributed by atoms with Gasteiger partial charge in [0, 0.05) is 17.8 Å². The Kier molecular flexibility index (Phi) is 3.58. The first kappa shape index (κ1) is 14.2. The third-order valence-corrected chi connectivity index (χ3v) is 3.48. The van der Waals surface area contributed by atoms with Gasteiger partial charge in [-0.25, -0.2) is 0 Å². The molecule has 0 spiro atoms. The van der Waals surface area contributed by atoms with E-state index in [9.17, 15) is 9.59 Å². The number of ketones is 1. The summed E-state index contributed by atoms with van der Waals surface area (Å²) in [6.45, 7) is 1.90. The molecule has 0 saturated heterocycles. The van der Waals surface area contributed by atoms with E-state index >= 15 is 0 Å². The molecule has 0 fully saturated rings. The molecule has 0 saturated carbocycles. The lowest BCUT2D eigenvalue weighted by atomic mass is 9.92. The lowest BCUT2D eigenvalue weighted by Crippen LogP contribution is -2.30. The van der Waals surface area contributed by atoms with Crippen molar-refractivity contribution in [2.45, 2.75) is 6.92 Å². The fourth-order valence-electron chi connectivity index (χ4n) is 2.48. The van der Waals surface area contributed by atoms with Crippen molar-refractivity contribution in [3.63, 3.8) is 0 Å². The number of hydrogen-bond acceptors (Lipinski definition) is 6. The van der Waals surface area contributed by atoms with Gasteiger partial charge in [0.2, 0.25) is 0 Å². The summed E-state index contributed by atoms with van der Waals surface area (Å²) in [6.07, 6.45) is 2.95. The van der Waals surface area contributed by atoms with Gasteiger partial charge in [0.15, 0.2) is 11.7 Å². The predicted molar refractivity (Wildman–Crippen MR) is 80.9 cm³/mol. The van der Waals surface area contributed by atoms with Gasteiger partial charge in [-0.2, -0.15) is 0 Å². The average Bonchev–Trinajstić information content (AvgIpc) is 2.54. The Bertz CT molecular complexity index is 798. The topological polar surface area (TPSA) is 77.8 Å². The van der Waals surface area contributed by atoms with Crippen molar-refractivity contribution >= 4 is 34.6 Å². The Morgan fingerprint density at radius 1 is 1.41 bits per heavy atom. The van der Waals surface area contributed by atoms with Crippen LogP contribution in [0, 0.1) is 5.92 Å². The number of pyridine rings is 1. The molecule has 1 aromatic carbocycles. The maximum absolute atomic E-state index is 12.7. The van der Waals surface area contributed by atoms with Gasteiger partial charge in [0.1, 0.15) is 11.4 Å². The molecule has 1 aliphatic heterocycles. The molecular weight excluding hydrogens is 284 g/mol. The molecule has 0 N–H and O–H groups in total. The Morgan fingerprint density at radius 2 is 2.23 bits per heavy atom. The number of rotatable bonds is 3. The molecule has 0 amide bonds. The SMILES string of the molecule is CCOC(=O)C1C=Nc2c(c(OC)cc3cccnc23)C1=O. The van der Waals surface area contributed by atoms with Crippen molar-refractivity contribution < 1.29 is 19.1 Å². The molecule has 0 bridgehead atoms. The number of Topliss-reactive ketones (excluding diaryl/α,β-unsaturated/α-hetero) is 1. The van der Waals surface area contributed by atoms with Crippen LogP contribution in [0.4, 0.5) is 5.69 Å². The van der Waals surface area contributed by atoms with Crippen molar-refractivity contribution in [1.82, 2.24) is 4.98 Å². The molecule has 1 atom stereocenters. The van der Waals surface area contributed by atoms with Crippen molar-refractivity contribution in [1.29, 1.82) is 0 Å². The maximum Gasteiger partial charge on any atom is 0.322 e. The van der Waals surface area contributed by atoms with Gasteiger partial charge in [-0.3, -0.25) is 19.6 Å². The minimum atomic E-state index is -1.04. The smallest absolute Gasteiger partial charge is 0.322 e. The van der Waals surface area contributed by atoms with Crippen LogP contribution in [0.1, 0.15) is 17.3 Å². The molecule has 6 nitrogen and oxygen atoms in total. The highest BCUT2D eigenvalue weighted by Crippen LogP contribution is 2.39. The Labute approximate surface area is 126 Å². The molecule has 112 valence electrons. The fourth-order valence-corrected chi connectivity index (χ4v) is 2.48. The first-order valence-corrected chi connectivity index (χ1v) is 6.88. The van der Waals surface area contributed by atoms with Crippen molar-refractivity contribution in [3.05, 3.63) is 30.0 Å². The molecule has 1 unspecified atom stereocenters.